The number of nitrogens with zero attached hydrogens (tertiary/aromatic N) is 4. The number of primary amides is 1. The number of fused-ring (bicyclic) bond motifs is 1. The number of H-pyrrole nitrogens is 1. The van der Waals surface area contributed by atoms with E-state index in [0.29, 0.717) is 40.1 Å². The highest BCUT2D eigenvalue weighted by molar-refractivity contribution is 6.42. The number of aromatic nitrogens is 4. The van der Waals surface area contributed by atoms with E-state index < -0.39 is 0 Å². The molecule has 2 aromatic heterocycles. The van der Waals surface area contributed by atoms with Crippen LogP contribution in [0.25, 0.3) is 11.0 Å². The average Bonchev–Trinajstić information content (AvgIpc) is 3.17. The first-order chi connectivity index (χ1) is 14.9. The third-order valence-corrected chi connectivity index (χ3v) is 6.30. The fourth-order valence-corrected chi connectivity index (χ4v) is 4.09. The van der Waals surface area contributed by atoms with E-state index in [9.17, 15) is 9.59 Å². The van der Waals surface area contributed by atoms with Gasteiger partial charge < -0.3 is 16.0 Å². The van der Waals surface area contributed by atoms with E-state index in [4.69, 9.17) is 28.9 Å². The number of carbonyl (C=O) groups is 1. The van der Waals surface area contributed by atoms with Crippen LogP contribution in [0.1, 0.15) is 18.4 Å². The summed E-state index contributed by atoms with van der Waals surface area (Å²) in [6.07, 6.45) is 3.13. The summed E-state index contributed by atoms with van der Waals surface area (Å²) in [4.78, 5) is 33.4. The van der Waals surface area contributed by atoms with Crippen molar-refractivity contribution in [1.82, 2.24) is 24.6 Å². The van der Waals surface area contributed by atoms with Crippen LogP contribution < -0.4 is 16.6 Å². The molecule has 0 atom stereocenters. The zero-order valence-electron chi connectivity index (χ0n) is 17.2. The summed E-state index contributed by atoms with van der Waals surface area (Å²) in [5.74, 6) is 0.0965. The van der Waals surface area contributed by atoms with Gasteiger partial charge in [0.05, 0.1) is 22.8 Å². The van der Waals surface area contributed by atoms with Gasteiger partial charge in [-0.05, 0) is 43.6 Å². The van der Waals surface area contributed by atoms with E-state index in [1.54, 1.807) is 23.0 Å². The molecule has 1 aromatic carbocycles. The Bertz CT molecular complexity index is 1160. The predicted molar refractivity (Wildman–Crippen MR) is 128 cm³/mol. The minimum atomic E-state index is -0.258. The van der Waals surface area contributed by atoms with Gasteiger partial charge in [0.25, 0.3) is 5.56 Å². The molecule has 1 fully saturated rings. The molecular weight excluding hydrogens is 477 g/mol. The van der Waals surface area contributed by atoms with E-state index >= 15 is 0 Å². The number of aromatic amines is 1. The van der Waals surface area contributed by atoms with Crippen molar-refractivity contribution in [1.29, 1.82) is 0 Å². The molecule has 4 rings (SSSR count). The second-order valence-corrected chi connectivity index (χ2v) is 8.45. The van der Waals surface area contributed by atoms with Crippen molar-refractivity contribution in [3.05, 3.63) is 50.4 Å². The number of anilines is 1. The Morgan fingerprint density at radius 1 is 1.22 bits per heavy atom. The number of halogens is 3. The Kier molecular flexibility index (Phi) is 8.00. The van der Waals surface area contributed by atoms with Crippen molar-refractivity contribution in [2.75, 3.05) is 25.0 Å². The summed E-state index contributed by atoms with van der Waals surface area (Å²) in [6, 6.07) is 5.33. The Morgan fingerprint density at radius 3 is 2.66 bits per heavy atom. The SMILES string of the molecule is Cl.NC(=O)C1CCN(CCn2ncc3nc(NCc4ccc(Cl)c(Cl)c4)[nH]c(=O)c32)CC1. The van der Waals surface area contributed by atoms with Crippen LogP contribution in [-0.4, -0.2) is 50.2 Å². The maximum absolute atomic E-state index is 12.7. The van der Waals surface area contributed by atoms with Crippen molar-refractivity contribution in [3.63, 3.8) is 0 Å². The van der Waals surface area contributed by atoms with Crippen molar-refractivity contribution in [3.8, 4) is 0 Å². The van der Waals surface area contributed by atoms with Crippen molar-refractivity contribution in [2.45, 2.75) is 25.9 Å². The van der Waals surface area contributed by atoms with Gasteiger partial charge in [-0.2, -0.15) is 5.10 Å². The Hall–Kier alpha value is -2.33. The quantitative estimate of drug-likeness (QED) is 0.458. The molecular formula is C20H24Cl3N7O2. The van der Waals surface area contributed by atoms with Crippen LogP contribution in [0.4, 0.5) is 5.95 Å². The molecule has 0 bridgehead atoms. The van der Waals surface area contributed by atoms with Gasteiger partial charge in [0.2, 0.25) is 11.9 Å². The lowest BCUT2D eigenvalue weighted by molar-refractivity contribution is -0.123. The van der Waals surface area contributed by atoms with E-state index in [1.807, 2.05) is 6.07 Å². The number of amides is 1. The highest BCUT2D eigenvalue weighted by atomic mass is 35.5. The lowest BCUT2D eigenvalue weighted by Crippen LogP contribution is -2.40. The number of nitrogens with two attached hydrogens (primary N) is 1. The van der Waals surface area contributed by atoms with Gasteiger partial charge in [0.15, 0.2) is 5.52 Å². The first-order valence-electron chi connectivity index (χ1n) is 10.1. The first-order valence-corrected chi connectivity index (χ1v) is 10.8. The number of likely N-dealkylation sites (tertiary alicyclic amines) is 1. The number of hydrogen-bond donors (Lipinski definition) is 3. The van der Waals surface area contributed by atoms with Gasteiger partial charge in [-0.3, -0.25) is 19.3 Å². The minimum absolute atomic E-state index is 0. The standard InChI is InChI=1S/C20H23Cl2N7O2.ClH/c21-14-2-1-12(9-15(14)22)10-24-20-26-16-11-25-29(17(16)19(31)27-20)8-7-28-5-3-13(4-6-28)18(23)30;/h1-2,9,11,13H,3-8,10H2,(H2,23,30)(H2,24,26,27,31);1H. The Morgan fingerprint density at radius 2 is 1.97 bits per heavy atom. The number of benzene rings is 1. The molecule has 3 aromatic rings. The molecule has 0 spiro atoms. The van der Waals surface area contributed by atoms with Gasteiger partial charge >= 0.3 is 0 Å². The Labute approximate surface area is 200 Å². The summed E-state index contributed by atoms with van der Waals surface area (Å²) in [7, 11) is 0. The van der Waals surface area contributed by atoms with Gasteiger partial charge in [-0.15, -0.1) is 12.4 Å². The van der Waals surface area contributed by atoms with Crippen molar-refractivity contribution >= 4 is 58.5 Å². The van der Waals surface area contributed by atoms with E-state index in [2.05, 4.69) is 25.3 Å². The summed E-state index contributed by atoms with van der Waals surface area (Å²) in [5, 5.41) is 8.39. The molecule has 0 saturated carbocycles. The van der Waals surface area contributed by atoms with Gasteiger partial charge in [0.1, 0.15) is 5.52 Å². The highest BCUT2D eigenvalue weighted by Crippen LogP contribution is 2.23. The monoisotopic (exact) mass is 499 g/mol. The highest BCUT2D eigenvalue weighted by Gasteiger charge is 2.23. The van der Waals surface area contributed by atoms with Crippen LogP contribution >= 0.6 is 35.6 Å². The van der Waals surface area contributed by atoms with E-state index in [-0.39, 0.29) is 29.8 Å². The zero-order valence-corrected chi connectivity index (χ0v) is 19.5. The van der Waals surface area contributed by atoms with E-state index in [0.717, 1.165) is 38.0 Å². The molecule has 9 nitrogen and oxygen atoms in total. The van der Waals surface area contributed by atoms with Crippen LogP contribution in [0.3, 0.4) is 0 Å². The van der Waals surface area contributed by atoms with Crippen LogP contribution in [0, 0.1) is 5.92 Å². The third-order valence-electron chi connectivity index (χ3n) is 5.56. The molecule has 1 amide bonds. The largest absolute Gasteiger partial charge is 0.369 e. The normalized spacial score (nSPS) is 14.9. The maximum atomic E-state index is 12.7. The second kappa shape index (κ2) is 10.5. The minimum Gasteiger partial charge on any atom is -0.369 e. The number of hydrogen-bond acceptors (Lipinski definition) is 6. The lowest BCUT2D eigenvalue weighted by Gasteiger charge is -2.30. The maximum Gasteiger partial charge on any atom is 0.278 e. The van der Waals surface area contributed by atoms with Gasteiger partial charge in [-0.1, -0.05) is 29.3 Å². The molecule has 0 unspecified atom stereocenters. The number of rotatable bonds is 7. The average molecular weight is 501 g/mol. The van der Waals surface area contributed by atoms with Crippen LogP contribution in [0.5, 0.6) is 0 Å². The molecule has 0 radical (unpaired) electrons. The summed E-state index contributed by atoms with van der Waals surface area (Å²) in [5.41, 5.74) is 7.00. The van der Waals surface area contributed by atoms with Crippen molar-refractivity contribution in [2.24, 2.45) is 11.7 Å². The second-order valence-electron chi connectivity index (χ2n) is 7.64. The molecule has 1 saturated heterocycles. The number of carbonyl (C=O) groups excluding carboxylic acids is 1. The fourth-order valence-electron chi connectivity index (χ4n) is 3.77. The zero-order chi connectivity index (χ0) is 22.0. The predicted octanol–water partition coefficient (Wildman–Crippen LogP) is 2.66. The fraction of sp³-hybridized carbons (Fsp3) is 0.400. The molecule has 3 heterocycles. The lowest BCUT2D eigenvalue weighted by atomic mass is 9.96. The van der Waals surface area contributed by atoms with Gasteiger partial charge in [-0.25, -0.2) is 4.98 Å². The molecule has 1 aliphatic rings. The summed E-state index contributed by atoms with van der Waals surface area (Å²) < 4.78 is 1.67. The summed E-state index contributed by atoms with van der Waals surface area (Å²) >= 11 is 12.0. The van der Waals surface area contributed by atoms with Crippen molar-refractivity contribution < 1.29 is 4.79 Å². The molecule has 4 N–H and O–H groups in total. The number of piperidine rings is 1. The van der Waals surface area contributed by atoms with Crippen LogP contribution in [0.2, 0.25) is 10.0 Å². The molecule has 12 heteroatoms. The molecule has 1 aliphatic heterocycles. The smallest absolute Gasteiger partial charge is 0.278 e. The van der Waals surface area contributed by atoms with Gasteiger partial charge in [0, 0.05) is 19.0 Å². The first kappa shape index (κ1) is 24.3. The summed E-state index contributed by atoms with van der Waals surface area (Å²) in [6.45, 7) is 3.35. The molecule has 0 aliphatic carbocycles. The molecule has 172 valence electrons. The van der Waals surface area contributed by atoms with Crippen LogP contribution in [-0.2, 0) is 17.9 Å². The van der Waals surface area contributed by atoms with E-state index in [1.165, 1.54) is 0 Å². The van der Waals surface area contributed by atoms with Crippen LogP contribution in [0.15, 0.2) is 29.2 Å². The topological polar surface area (TPSA) is 122 Å². The number of nitrogens with one attached hydrogen (secondary N) is 2. The Balaban J connectivity index is 0.00000289. The third kappa shape index (κ3) is 5.53. The molecule has 32 heavy (non-hydrogen) atoms.